The molecule has 0 saturated heterocycles. The predicted molar refractivity (Wildman–Crippen MR) is 112 cm³/mol. The fourth-order valence-corrected chi connectivity index (χ4v) is 3.81. The van der Waals surface area contributed by atoms with E-state index in [1.165, 1.54) is 35.9 Å². The van der Waals surface area contributed by atoms with Crippen LogP contribution < -0.4 is 10.1 Å². The van der Waals surface area contributed by atoms with Gasteiger partial charge in [-0.1, -0.05) is 41.9 Å². The number of amides is 2. The second-order valence-corrected chi connectivity index (χ2v) is 7.31. The summed E-state index contributed by atoms with van der Waals surface area (Å²) >= 11 is 7.49. The first-order valence-electron chi connectivity index (χ1n) is 8.49. The first kappa shape index (κ1) is 20.8. The molecule has 0 spiro atoms. The summed E-state index contributed by atoms with van der Waals surface area (Å²) in [6.07, 6.45) is 0. The van der Waals surface area contributed by atoms with Crippen molar-refractivity contribution < 1.29 is 24.2 Å². The van der Waals surface area contributed by atoms with Crippen molar-refractivity contribution in [2.45, 2.75) is 0 Å². The van der Waals surface area contributed by atoms with E-state index in [1.807, 2.05) is 35.7 Å². The molecule has 0 fully saturated rings. The standard InChI is InChI=1S/C20H17ClN2O5S/c1-28-17-8-15(14(21)7-13(17)20(26)27)22-18(24)9-23-16(10-29-11-19(23)25)12-5-3-2-4-6-12/h2-8,10H,9,11H2,1H3,(H,22,24)(H,26,27). The quantitative estimate of drug-likeness (QED) is 0.724. The molecule has 0 aromatic heterocycles. The Morgan fingerprint density at radius 1 is 1.28 bits per heavy atom. The number of ether oxygens (including phenoxy) is 1. The lowest BCUT2D eigenvalue weighted by molar-refractivity contribution is -0.129. The Bertz CT molecular complexity index is 994. The Balaban J connectivity index is 1.81. The number of aromatic carboxylic acids is 1. The number of nitrogens with zero attached hydrogens (tertiary/aromatic N) is 1. The number of rotatable bonds is 6. The average Bonchev–Trinajstić information content (AvgIpc) is 2.71. The van der Waals surface area contributed by atoms with Gasteiger partial charge in [0.15, 0.2) is 0 Å². The molecule has 0 aliphatic carbocycles. The Kier molecular flexibility index (Phi) is 6.46. The Hall–Kier alpha value is -2.97. The third-order valence-electron chi connectivity index (χ3n) is 4.16. The topological polar surface area (TPSA) is 95.9 Å². The zero-order valence-corrected chi connectivity index (χ0v) is 16.9. The van der Waals surface area contributed by atoms with Crippen LogP contribution in [0, 0.1) is 0 Å². The molecule has 0 saturated carbocycles. The summed E-state index contributed by atoms with van der Waals surface area (Å²) in [5.41, 5.74) is 1.55. The van der Waals surface area contributed by atoms with Crippen LogP contribution in [0.5, 0.6) is 5.75 Å². The maximum absolute atomic E-state index is 12.6. The van der Waals surface area contributed by atoms with Gasteiger partial charge < -0.3 is 20.1 Å². The Labute approximate surface area is 176 Å². The molecular weight excluding hydrogens is 416 g/mol. The van der Waals surface area contributed by atoms with Crippen LogP contribution in [0.1, 0.15) is 15.9 Å². The van der Waals surface area contributed by atoms with E-state index in [-0.39, 0.29) is 40.2 Å². The van der Waals surface area contributed by atoms with Crippen LogP contribution in [0.2, 0.25) is 5.02 Å². The van der Waals surface area contributed by atoms with Crippen molar-refractivity contribution in [3.63, 3.8) is 0 Å². The number of thioether (sulfide) groups is 1. The summed E-state index contributed by atoms with van der Waals surface area (Å²) in [6.45, 7) is -0.209. The zero-order valence-electron chi connectivity index (χ0n) is 15.3. The highest BCUT2D eigenvalue weighted by Crippen LogP contribution is 2.32. The van der Waals surface area contributed by atoms with Crippen LogP contribution >= 0.6 is 23.4 Å². The maximum Gasteiger partial charge on any atom is 0.339 e. The molecule has 1 heterocycles. The molecule has 3 rings (SSSR count). The number of halogens is 1. The van der Waals surface area contributed by atoms with Gasteiger partial charge >= 0.3 is 5.97 Å². The molecule has 150 valence electrons. The number of methoxy groups -OCH3 is 1. The number of benzene rings is 2. The number of carboxylic acid groups (broad SMARTS) is 1. The van der Waals surface area contributed by atoms with Gasteiger partial charge in [-0.15, -0.1) is 11.8 Å². The van der Waals surface area contributed by atoms with Crippen LogP contribution in [-0.4, -0.2) is 47.2 Å². The first-order valence-corrected chi connectivity index (χ1v) is 9.91. The molecule has 29 heavy (non-hydrogen) atoms. The van der Waals surface area contributed by atoms with E-state index >= 15 is 0 Å². The fourth-order valence-electron chi connectivity index (χ4n) is 2.79. The van der Waals surface area contributed by atoms with Crippen molar-refractivity contribution in [3.05, 3.63) is 64.0 Å². The molecule has 2 N–H and O–H groups in total. The van der Waals surface area contributed by atoms with Gasteiger partial charge in [-0.3, -0.25) is 9.59 Å². The van der Waals surface area contributed by atoms with Crippen molar-refractivity contribution in [1.29, 1.82) is 0 Å². The summed E-state index contributed by atoms with van der Waals surface area (Å²) in [5, 5.41) is 13.7. The summed E-state index contributed by atoms with van der Waals surface area (Å²) in [7, 11) is 1.32. The van der Waals surface area contributed by atoms with Crippen LogP contribution in [-0.2, 0) is 9.59 Å². The molecule has 0 atom stereocenters. The highest BCUT2D eigenvalue weighted by atomic mass is 35.5. The Morgan fingerprint density at radius 2 is 2.00 bits per heavy atom. The van der Waals surface area contributed by atoms with Crippen molar-refractivity contribution in [2.24, 2.45) is 0 Å². The van der Waals surface area contributed by atoms with E-state index in [4.69, 9.17) is 16.3 Å². The minimum atomic E-state index is -1.20. The highest BCUT2D eigenvalue weighted by Gasteiger charge is 2.26. The van der Waals surface area contributed by atoms with Gasteiger partial charge in [0, 0.05) is 6.07 Å². The minimum absolute atomic E-state index is 0.0518. The number of nitrogens with one attached hydrogen (secondary N) is 1. The molecule has 1 aliphatic rings. The van der Waals surface area contributed by atoms with Crippen LogP contribution in [0.4, 0.5) is 5.69 Å². The van der Waals surface area contributed by atoms with Crippen LogP contribution in [0.25, 0.3) is 5.70 Å². The smallest absolute Gasteiger partial charge is 0.339 e. The normalized spacial score (nSPS) is 13.7. The lowest BCUT2D eigenvalue weighted by Gasteiger charge is -2.28. The first-order chi connectivity index (χ1) is 13.9. The van der Waals surface area contributed by atoms with Crippen molar-refractivity contribution in [1.82, 2.24) is 4.90 Å². The monoisotopic (exact) mass is 432 g/mol. The van der Waals surface area contributed by atoms with Gasteiger partial charge in [-0.05, 0) is 17.0 Å². The molecule has 2 aromatic rings. The van der Waals surface area contributed by atoms with E-state index in [2.05, 4.69) is 5.32 Å². The van der Waals surface area contributed by atoms with E-state index in [0.717, 1.165) is 5.56 Å². The van der Waals surface area contributed by atoms with Gasteiger partial charge in [0.05, 0.1) is 29.3 Å². The van der Waals surface area contributed by atoms with Crippen molar-refractivity contribution in [2.75, 3.05) is 24.7 Å². The third kappa shape index (κ3) is 4.72. The summed E-state index contributed by atoms with van der Waals surface area (Å²) in [5.74, 6) is -1.55. The molecule has 7 nitrogen and oxygen atoms in total. The third-order valence-corrected chi connectivity index (χ3v) is 5.27. The fraction of sp³-hybridized carbons (Fsp3) is 0.150. The largest absolute Gasteiger partial charge is 0.496 e. The second-order valence-electron chi connectivity index (χ2n) is 6.05. The van der Waals surface area contributed by atoms with Crippen LogP contribution in [0.3, 0.4) is 0 Å². The molecule has 2 aromatic carbocycles. The number of hydrogen-bond donors (Lipinski definition) is 2. The lowest BCUT2D eigenvalue weighted by Crippen LogP contribution is -2.39. The second kappa shape index (κ2) is 9.02. The number of carbonyl (C=O) groups is 3. The summed E-state index contributed by atoms with van der Waals surface area (Å²) in [4.78, 5) is 37.7. The van der Waals surface area contributed by atoms with Gasteiger partial charge in [-0.25, -0.2) is 4.79 Å². The molecule has 2 amide bonds. The minimum Gasteiger partial charge on any atom is -0.496 e. The van der Waals surface area contributed by atoms with Gasteiger partial charge in [0.25, 0.3) is 0 Å². The van der Waals surface area contributed by atoms with Gasteiger partial charge in [0.2, 0.25) is 11.8 Å². The van der Waals surface area contributed by atoms with Gasteiger partial charge in [-0.2, -0.15) is 0 Å². The SMILES string of the molecule is COc1cc(NC(=O)CN2C(=O)CSC=C2c2ccccc2)c(Cl)cc1C(=O)O. The average molecular weight is 433 g/mol. The summed E-state index contributed by atoms with van der Waals surface area (Å²) < 4.78 is 5.06. The summed E-state index contributed by atoms with van der Waals surface area (Å²) in [6, 6.07) is 11.9. The predicted octanol–water partition coefficient (Wildman–Crippen LogP) is 3.56. The number of carbonyl (C=O) groups excluding carboxylic acids is 2. The Morgan fingerprint density at radius 3 is 2.66 bits per heavy atom. The van der Waals surface area contributed by atoms with Crippen LogP contribution in [0.15, 0.2) is 47.9 Å². The highest BCUT2D eigenvalue weighted by molar-refractivity contribution is 8.03. The maximum atomic E-state index is 12.6. The number of carboxylic acids is 1. The molecular formula is C20H17ClN2O5S. The van der Waals surface area contributed by atoms with Crippen molar-refractivity contribution in [3.8, 4) is 5.75 Å². The van der Waals surface area contributed by atoms with E-state index in [1.54, 1.807) is 0 Å². The number of hydrogen-bond acceptors (Lipinski definition) is 5. The number of anilines is 1. The molecule has 1 aliphatic heterocycles. The molecule has 9 heteroatoms. The lowest BCUT2D eigenvalue weighted by atomic mass is 10.1. The van der Waals surface area contributed by atoms with Crippen molar-refractivity contribution >= 4 is 52.5 Å². The molecule has 0 radical (unpaired) electrons. The van der Waals surface area contributed by atoms with Gasteiger partial charge in [0.1, 0.15) is 17.9 Å². The molecule has 0 bridgehead atoms. The zero-order chi connectivity index (χ0) is 21.0. The van der Waals surface area contributed by atoms with E-state index < -0.39 is 11.9 Å². The molecule has 0 unspecified atom stereocenters. The van der Waals surface area contributed by atoms with E-state index in [9.17, 15) is 19.5 Å². The van der Waals surface area contributed by atoms with E-state index in [0.29, 0.717) is 5.70 Å².